The molecule has 0 spiro atoms. The summed E-state index contributed by atoms with van der Waals surface area (Å²) in [4.78, 5) is 23.7. The molecule has 0 saturated carbocycles. The first-order valence-electron chi connectivity index (χ1n) is 8.39. The highest BCUT2D eigenvalue weighted by atomic mass is 16.3. The number of rotatable bonds is 5. The first kappa shape index (κ1) is 17.5. The number of aliphatic hydroxyl groups is 1. The number of carbonyl (C=O) groups excluding carboxylic acids is 2. The van der Waals surface area contributed by atoms with Crippen molar-refractivity contribution in [2.24, 2.45) is 0 Å². The molecule has 0 aromatic heterocycles. The van der Waals surface area contributed by atoms with E-state index in [2.05, 4.69) is 22.8 Å². The molecule has 0 aliphatic heterocycles. The Morgan fingerprint density at radius 3 is 2.52 bits per heavy atom. The van der Waals surface area contributed by atoms with E-state index in [0.29, 0.717) is 6.42 Å². The Morgan fingerprint density at radius 1 is 1.17 bits per heavy atom. The average molecular weight is 318 g/mol. The van der Waals surface area contributed by atoms with Gasteiger partial charge in [0.25, 0.3) is 0 Å². The van der Waals surface area contributed by atoms with Gasteiger partial charge in [-0.05, 0) is 55.7 Å². The van der Waals surface area contributed by atoms with Gasteiger partial charge in [0.15, 0.2) is 0 Å². The number of carbonyl (C=O) groups is 2. The van der Waals surface area contributed by atoms with E-state index in [9.17, 15) is 9.59 Å². The molecule has 2 rings (SSSR count). The zero-order chi connectivity index (χ0) is 16.8. The van der Waals surface area contributed by atoms with E-state index >= 15 is 0 Å². The molecule has 0 radical (unpaired) electrons. The van der Waals surface area contributed by atoms with Gasteiger partial charge < -0.3 is 15.7 Å². The van der Waals surface area contributed by atoms with Gasteiger partial charge in [-0.3, -0.25) is 9.59 Å². The van der Waals surface area contributed by atoms with E-state index in [4.69, 9.17) is 5.11 Å². The molecule has 23 heavy (non-hydrogen) atoms. The van der Waals surface area contributed by atoms with Crippen LogP contribution < -0.4 is 10.6 Å². The maximum Gasteiger partial charge on any atom is 0.309 e. The number of aliphatic hydroxyl groups excluding tert-OH is 1. The molecule has 2 amide bonds. The number of fused-ring (bicyclic) bond motifs is 1. The Labute approximate surface area is 137 Å². The molecule has 1 aromatic carbocycles. The lowest BCUT2D eigenvalue weighted by atomic mass is 9.89. The number of hydrogen-bond acceptors (Lipinski definition) is 3. The zero-order valence-electron chi connectivity index (χ0n) is 13.9. The summed E-state index contributed by atoms with van der Waals surface area (Å²) < 4.78 is 0. The van der Waals surface area contributed by atoms with Crippen molar-refractivity contribution >= 4 is 11.8 Å². The van der Waals surface area contributed by atoms with Crippen LogP contribution in [0.4, 0.5) is 0 Å². The molecule has 0 saturated heterocycles. The third kappa shape index (κ3) is 4.79. The molecule has 2 unspecified atom stereocenters. The van der Waals surface area contributed by atoms with E-state index in [1.165, 1.54) is 24.0 Å². The monoisotopic (exact) mass is 318 g/mol. The Balaban J connectivity index is 2.02. The molecule has 0 bridgehead atoms. The van der Waals surface area contributed by atoms with Crippen molar-refractivity contribution in [1.29, 1.82) is 0 Å². The largest absolute Gasteiger partial charge is 0.392 e. The van der Waals surface area contributed by atoms with Gasteiger partial charge in [0.05, 0.1) is 12.1 Å². The fourth-order valence-electron chi connectivity index (χ4n) is 2.94. The average Bonchev–Trinajstić information content (AvgIpc) is 2.56. The molecule has 126 valence electrons. The molecule has 1 aliphatic rings. The second-order valence-electron chi connectivity index (χ2n) is 6.23. The third-order valence-corrected chi connectivity index (χ3v) is 4.25. The van der Waals surface area contributed by atoms with Crippen LogP contribution in [-0.2, 0) is 22.4 Å². The predicted octanol–water partition coefficient (Wildman–Crippen LogP) is 1.63. The maximum absolute atomic E-state index is 12.0. The van der Waals surface area contributed by atoms with Crippen LogP contribution in [0.2, 0.25) is 0 Å². The van der Waals surface area contributed by atoms with Gasteiger partial charge in [-0.25, -0.2) is 0 Å². The summed E-state index contributed by atoms with van der Waals surface area (Å²) in [5.41, 5.74) is 3.81. The lowest BCUT2D eigenvalue weighted by molar-refractivity contribution is -0.139. The summed E-state index contributed by atoms with van der Waals surface area (Å²) in [5, 5.41) is 14.3. The summed E-state index contributed by atoms with van der Waals surface area (Å²) in [5.74, 6) is -1.36. The molecular formula is C18H26N2O3. The minimum absolute atomic E-state index is 0.0713. The summed E-state index contributed by atoms with van der Waals surface area (Å²) in [7, 11) is 0. The highest BCUT2D eigenvalue weighted by Gasteiger charge is 2.20. The standard InChI is InChI=1S/C18H26N2O3/c1-3-16(20-18(23)17(22)19-11-12(2)21)15-9-8-13-6-4-5-7-14(13)10-15/h8-10,12,16,21H,3-7,11H2,1-2H3,(H,19,22)(H,20,23). The van der Waals surface area contributed by atoms with E-state index in [0.717, 1.165) is 18.4 Å². The minimum Gasteiger partial charge on any atom is -0.392 e. The molecule has 2 atom stereocenters. The smallest absolute Gasteiger partial charge is 0.309 e. The molecule has 1 aliphatic carbocycles. The number of aryl methyl sites for hydroxylation is 2. The summed E-state index contributed by atoms with van der Waals surface area (Å²) in [6.07, 6.45) is 4.71. The van der Waals surface area contributed by atoms with Crippen LogP contribution >= 0.6 is 0 Å². The van der Waals surface area contributed by atoms with Crippen molar-refractivity contribution in [2.75, 3.05) is 6.54 Å². The van der Waals surface area contributed by atoms with Crippen LogP contribution in [0.15, 0.2) is 18.2 Å². The van der Waals surface area contributed by atoms with Crippen molar-refractivity contribution in [2.45, 2.75) is 58.1 Å². The number of benzene rings is 1. The zero-order valence-corrected chi connectivity index (χ0v) is 13.9. The molecule has 1 aromatic rings. The molecule has 5 heteroatoms. The van der Waals surface area contributed by atoms with Crippen molar-refractivity contribution < 1.29 is 14.7 Å². The SMILES string of the molecule is CCC(NC(=O)C(=O)NCC(C)O)c1ccc2c(c1)CCCC2. The van der Waals surface area contributed by atoms with Crippen LogP contribution in [0.3, 0.4) is 0 Å². The van der Waals surface area contributed by atoms with Gasteiger partial charge in [-0.2, -0.15) is 0 Å². The quantitative estimate of drug-likeness (QED) is 0.722. The molecule has 5 nitrogen and oxygen atoms in total. The number of nitrogens with one attached hydrogen (secondary N) is 2. The lowest BCUT2D eigenvalue weighted by Crippen LogP contribution is -2.43. The first-order valence-corrected chi connectivity index (χ1v) is 8.39. The van der Waals surface area contributed by atoms with Crippen LogP contribution in [0.1, 0.15) is 55.8 Å². The predicted molar refractivity (Wildman–Crippen MR) is 88.9 cm³/mol. The van der Waals surface area contributed by atoms with Gasteiger partial charge in [0, 0.05) is 6.54 Å². The van der Waals surface area contributed by atoms with Crippen molar-refractivity contribution in [1.82, 2.24) is 10.6 Å². The fourth-order valence-corrected chi connectivity index (χ4v) is 2.94. The van der Waals surface area contributed by atoms with Crippen molar-refractivity contribution in [3.8, 4) is 0 Å². The Kier molecular flexibility index (Phi) is 6.16. The van der Waals surface area contributed by atoms with Gasteiger partial charge in [0.2, 0.25) is 0 Å². The molecule has 0 fully saturated rings. The Hall–Kier alpha value is -1.88. The van der Waals surface area contributed by atoms with E-state index in [1.54, 1.807) is 6.92 Å². The van der Waals surface area contributed by atoms with E-state index in [1.807, 2.05) is 13.0 Å². The normalized spacial score (nSPS) is 16.1. The van der Waals surface area contributed by atoms with Gasteiger partial charge in [-0.1, -0.05) is 25.1 Å². The number of amides is 2. The van der Waals surface area contributed by atoms with E-state index < -0.39 is 17.9 Å². The third-order valence-electron chi connectivity index (χ3n) is 4.25. The highest BCUT2D eigenvalue weighted by Crippen LogP contribution is 2.26. The number of hydrogen-bond donors (Lipinski definition) is 3. The summed E-state index contributed by atoms with van der Waals surface area (Å²) in [6.45, 7) is 3.61. The lowest BCUT2D eigenvalue weighted by Gasteiger charge is -2.21. The highest BCUT2D eigenvalue weighted by molar-refractivity contribution is 6.35. The topological polar surface area (TPSA) is 78.4 Å². The second-order valence-corrected chi connectivity index (χ2v) is 6.23. The summed E-state index contributed by atoms with van der Waals surface area (Å²) >= 11 is 0. The van der Waals surface area contributed by atoms with Gasteiger partial charge >= 0.3 is 11.8 Å². The molecular weight excluding hydrogens is 292 g/mol. The molecule has 3 N–H and O–H groups in total. The fraction of sp³-hybridized carbons (Fsp3) is 0.556. The van der Waals surface area contributed by atoms with Crippen LogP contribution in [0, 0.1) is 0 Å². The van der Waals surface area contributed by atoms with Crippen LogP contribution in [0.5, 0.6) is 0 Å². The van der Waals surface area contributed by atoms with Gasteiger partial charge in [-0.15, -0.1) is 0 Å². The second kappa shape index (κ2) is 8.11. The molecule has 0 heterocycles. The van der Waals surface area contributed by atoms with Crippen molar-refractivity contribution in [3.05, 3.63) is 34.9 Å². The first-order chi connectivity index (χ1) is 11.0. The summed E-state index contributed by atoms with van der Waals surface area (Å²) in [6, 6.07) is 6.18. The maximum atomic E-state index is 12.0. The van der Waals surface area contributed by atoms with Crippen LogP contribution in [-0.4, -0.2) is 29.6 Å². The van der Waals surface area contributed by atoms with E-state index in [-0.39, 0.29) is 12.6 Å². The van der Waals surface area contributed by atoms with Gasteiger partial charge in [0.1, 0.15) is 0 Å². The Bertz CT molecular complexity index is 569. The minimum atomic E-state index is -0.706. The Morgan fingerprint density at radius 2 is 1.87 bits per heavy atom. The van der Waals surface area contributed by atoms with Crippen molar-refractivity contribution in [3.63, 3.8) is 0 Å². The van der Waals surface area contributed by atoms with Crippen LogP contribution in [0.25, 0.3) is 0 Å².